The van der Waals surface area contributed by atoms with Gasteiger partial charge in [-0.1, -0.05) is 15.9 Å². The molecular weight excluding hydrogens is 242 g/mol. The van der Waals surface area contributed by atoms with Gasteiger partial charge in [-0.3, -0.25) is 0 Å². The molecular formula is C7H16BrNO2S. The Morgan fingerprint density at radius 2 is 1.75 bits per heavy atom. The minimum Gasteiger partial charge on any atom is -0.212 e. The van der Waals surface area contributed by atoms with E-state index in [4.69, 9.17) is 0 Å². The number of alkyl halides is 1. The number of hydrogen-bond donors (Lipinski definition) is 0. The summed E-state index contributed by atoms with van der Waals surface area (Å²) in [6.45, 7) is 5.62. The largest absolute Gasteiger partial charge is 0.218 e. The van der Waals surface area contributed by atoms with Crippen molar-refractivity contribution in [3.05, 3.63) is 0 Å². The first kappa shape index (κ1) is 12.4. The number of nitrogens with zero attached hydrogens (tertiary/aromatic N) is 1. The molecule has 0 N–H and O–H groups in total. The standard InChI is InChI=1S/C7H16BrNO2S/c1-7(2,3)12(10,11)9(4)6-5-8/h5-6H2,1-4H3. The van der Waals surface area contributed by atoms with Crippen LogP contribution in [0.1, 0.15) is 20.8 Å². The molecule has 0 amide bonds. The first-order valence-corrected chi connectivity index (χ1v) is 6.31. The molecule has 0 spiro atoms. The number of halogens is 1. The van der Waals surface area contributed by atoms with Gasteiger partial charge in [-0.2, -0.15) is 0 Å². The zero-order valence-electron chi connectivity index (χ0n) is 7.96. The van der Waals surface area contributed by atoms with Gasteiger partial charge in [0.25, 0.3) is 0 Å². The van der Waals surface area contributed by atoms with Gasteiger partial charge < -0.3 is 0 Å². The van der Waals surface area contributed by atoms with Crippen molar-refractivity contribution in [2.45, 2.75) is 25.5 Å². The fourth-order valence-corrected chi connectivity index (χ4v) is 2.74. The molecule has 74 valence electrons. The number of rotatable bonds is 3. The Hall–Kier alpha value is 0.390. The average Bonchev–Trinajstić information content (AvgIpc) is 1.85. The van der Waals surface area contributed by atoms with Gasteiger partial charge in [0.2, 0.25) is 10.0 Å². The molecule has 0 aromatic carbocycles. The molecule has 0 aliphatic carbocycles. The van der Waals surface area contributed by atoms with Crippen molar-refractivity contribution in [1.82, 2.24) is 4.31 Å². The lowest BCUT2D eigenvalue weighted by Gasteiger charge is -2.26. The lowest BCUT2D eigenvalue weighted by atomic mass is 10.3. The second-order valence-corrected chi connectivity index (χ2v) is 7.22. The third-order valence-corrected chi connectivity index (χ3v) is 4.49. The van der Waals surface area contributed by atoms with Crippen molar-refractivity contribution in [2.24, 2.45) is 0 Å². The molecule has 0 atom stereocenters. The summed E-state index contributed by atoms with van der Waals surface area (Å²) in [5.41, 5.74) is 0. The highest BCUT2D eigenvalue weighted by Crippen LogP contribution is 2.18. The van der Waals surface area contributed by atoms with Crippen molar-refractivity contribution in [1.29, 1.82) is 0 Å². The fourth-order valence-electron chi connectivity index (χ4n) is 0.707. The lowest BCUT2D eigenvalue weighted by Crippen LogP contribution is -2.41. The van der Waals surface area contributed by atoms with Gasteiger partial charge in [0, 0.05) is 18.9 Å². The van der Waals surface area contributed by atoms with E-state index in [0.29, 0.717) is 11.9 Å². The van der Waals surface area contributed by atoms with E-state index in [1.807, 2.05) is 0 Å². The van der Waals surface area contributed by atoms with Crippen molar-refractivity contribution >= 4 is 26.0 Å². The van der Waals surface area contributed by atoms with Gasteiger partial charge in [-0.05, 0) is 20.8 Å². The summed E-state index contributed by atoms with van der Waals surface area (Å²) in [6, 6.07) is 0. The molecule has 0 aromatic heterocycles. The van der Waals surface area contributed by atoms with E-state index in [1.165, 1.54) is 4.31 Å². The molecule has 0 saturated carbocycles. The summed E-state index contributed by atoms with van der Waals surface area (Å²) in [7, 11) is -1.54. The molecule has 0 rings (SSSR count). The van der Waals surface area contributed by atoms with Crippen LogP contribution in [0.5, 0.6) is 0 Å². The van der Waals surface area contributed by atoms with Crippen molar-refractivity contribution in [3.8, 4) is 0 Å². The van der Waals surface area contributed by atoms with E-state index < -0.39 is 14.8 Å². The van der Waals surface area contributed by atoms with Gasteiger partial charge in [0.15, 0.2) is 0 Å². The molecule has 0 fully saturated rings. The second-order valence-electron chi connectivity index (χ2n) is 3.63. The van der Waals surface area contributed by atoms with Gasteiger partial charge in [0.05, 0.1) is 4.75 Å². The summed E-state index contributed by atoms with van der Waals surface area (Å²) in [4.78, 5) is 0. The molecule has 0 bridgehead atoms. The smallest absolute Gasteiger partial charge is 0.212 e. The van der Waals surface area contributed by atoms with E-state index in [9.17, 15) is 8.42 Å². The van der Waals surface area contributed by atoms with Crippen LogP contribution in [0.3, 0.4) is 0 Å². The average molecular weight is 258 g/mol. The molecule has 5 heteroatoms. The van der Waals surface area contributed by atoms with Crippen molar-refractivity contribution < 1.29 is 8.42 Å². The van der Waals surface area contributed by atoms with Crippen LogP contribution in [0.15, 0.2) is 0 Å². The minimum absolute atomic E-state index is 0.513. The molecule has 0 aliphatic heterocycles. The third kappa shape index (κ3) is 2.71. The Balaban J connectivity index is 4.64. The van der Waals surface area contributed by atoms with E-state index in [-0.39, 0.29) is 0 Å². The highest BCUT2D eigenvalue weighted by molar-refractivity contribution is 9.09. The summed E-state index contributed by atoms with van der Waals surface area (Å²) in [6.07, 6.45) is 0. The first-order chi connectivity index (χ1) is 5.23. The van der Waals surface area contributed by atoms with E-state index in [1.54, 1.807) is 27.8 Å². The van der Waals surface area contributed by atoms with Crippen LogP contribution in [0.2, 0.25) is 0 Å². The van der Waals surface area contributed by atoms with Crippen LogP contribution < -0.4 is 0 Å². The maximum atomic E-state index is 11.6. The van der Waals surface area contributed by atoms with Crippen LogP contribution in [-0.4, -0.2) is 36.4 Å². The highest BCUT2D eigenvalue weighted by atomic mass is 79.9. The maximum absolute atomic E-state index is 11.6. The van der Waals surface area contributed by atoms with E-state index in [0.717, 1.165) is 0 Å². The highest BCUT2D eigenvalue weighted by Gasteiger charge is 2.32. The Morgan fingerprint density at radius 3 is 2.00 bits per heavy atom. The Morgan fingerprint density at radius 1 is 1.33 bits per heavy atom. The van der Waals surface area contributed by atoms with Crippen LogP contribution in [-0.2, 0) is 10.0 Å². The van der Waals surface area contributed by atoms with Crippen LogP contribution in [0.4, 0.5) is 0 Å². The van der Waals surface area contributed by atoms with Crippen LogP contribution >= 0.6 is 15.9 Å². The van der Waals surface area contributed by atoms with Gasteiger partial charge in [-0.25, -0.2) is 12.7 Å². The fraction of sp³-hybridized carbons (Fsp3) is 1.00. The van der Waals surface area contributed by atoms with E-state index >= 15 is 0 Å². The SMILES string of the molecule is CN(CCBr)S(=O)(=O)C(C)(C)C. The molecule has 0 heterocycles. The molecule has 3 nitrogen and oxygen atoms in total. The second kappa shape index (κ2) is 4.07. The third-order valence-electron chi connectivity index (χ3n) is 1.58. The topological polar surface area (TPSA) is 37.4 Å². The molecule has 0 unspecified atom stereocenters. The predicted octanol–water partition coefficient (Wildman–Crippen LogP) is 1.44. The van der Waals surface area contributed by atoms with Crippen LogP contribution in [0.25, 0.3) is 0 Å². The zero-order chi connectivity index (χ0) is 9.99. The maximum Gasteiger partial charge on any atom is 0.218 e. The predicted molar refractivity (Wildman–Crippen MR) is 55.1 cm³/mol. The zero-order valence-corrected chi connectivity index (χ0v) is 10.4. The molecule has 0 saturated heterocycles. The summed E-state index contributed by atoms with van der Waals surface area (Å²) < 4.78 is 24.0. The number of sulfonamides is 1. The van der Waals surface area contributed by atoms with Crippen molar-refractivity contribution in [3.63, 3.8) is 0 Å². The normalized spacial score (nSPS) is 13.8. The molecule has 12 heavy (non-hydrogen) atoms. The Kier molecular flexibility index (Phi) is 4.20. The summed E-state index contributed by atoms with van der Waals surface area (Å²) >= 11 is 3.20. The Bertz CT molecular complexity index is 230. The molecule has 0 aromatic rings. The lowest BCUT2D eigenvalue weighted by molar-refractivity contribution is 0.461. The first-order valence-electron chi connectivity index (χ1n) is 3.75. The number of hydrogen-bond acceptors (Lipinski definition) is 2. The molecule has 0 aliphatic rings. The molecule has 0 radical (unpaired) electrons. The van der Waals surface area contributed by atoms with Gasteiger partial charge >= 0.3 is 0 Å². The van der Waals surface area contributed by atoms with E-state index in [2.05, 4.69) is 15.9 Å². The van der Waals surface area contributed by atoms with Crippen molar-refractivity contribution in [2.75, 3.05) is 18.9 Å². The quantitative estimate of drug-likeness (QED) is 0.718. The minimum atomic E-state index is -3.14. The summed E-state index contributed by atoms with van der Waals surface area (Å²) in [5.74, 6) is 0. The summed E-state index contributed by atoms with van der Waals surface area (Å²) in [5, 5.41) is 0.665. The van der Waals surface area contributed by atoms with Gasteiger partial charge in [-0.15, -0.1) is 0 Å². The van der Waals surface area contributed by atoms with Crippen LogP contribution in [0, 0.1) is 0 Å². The Labute approximate surface area is 83.3 Å². The van der Waals surface area contributed by atoms with Gasteiger partial charge in [0.1, 0.15) is 0 Å². The monoisotopic (exact) mass is 257 g/mol.